The quantitative estimate of drug-likeness (QED) is 0.333. The number of esters is 1. The molecule has 1 aliphatic heterocycles. The fourth-order valence-electron chi connectivity index (χ4n) is 2.86. The molecule has 0 aromatic heterocycles. The van der Waals surface area contributed by atoms with Crippen molar-refractivity contribution in [1.29, 1.82) is 0 Å². The minimum absolute atomic E-state index is 0.000583. The zero-order valence-electron chi connectivity index (χ0n) is 18.5. The summed E-state index contributed by atoms with van der Waals surface area (Å²) in [5.74, 6) is -1.60. The molecule has 1 aromatic carbocycles. The summed E-state index contributed by atoms with van der Waals surface area (Å²) in [5.41, 5.74) is 2.16. The van der Waals surface area contributed by atoms with E-state index >= 15 is 0 Å². The number of cyclic esters (lactones) is 1. The highest BCUT2D eigenvalue weighted by atomic mass is 16.6. The van der Waals surface area contributed by atoms with Crippen molar-refractivity contribution in [3.8, 4) is 0 Å². The van der Waals surface area contributed by atoms with E-state index in [0.29, 0.717) is 0 Å². The van der Waals surface area contributed by atoms with Crippen molar-refractivity contribution in [1.82, 2.24) is 15.8 Å². The first-order valence-corrected chi connectivity index (χ1v) is 10.1. The lowest BCUT2D eigenvalue weighted by Gasteiger charge is -2.30. The van der Waals surface area contributed by atoms with Crippen molar-refractivity contribution in [2.75, 3.05) is 6.61 Å². The fraction of sp³-hybridized carbons (Fsp3) is 0.524. The molecule has 11 heteroatoms. The molecule has 1 fully saturated rings. The van der Waals surface area contributed by atoms with E-state index in [0.717, 1.165) is 10.6 Å². The summed E-state index contributed by atoms with van der Waals surface area (Å²) < 4.78 is 15.3. The molecule has 1 aromatic rings. The number of nitrogens with one attached hydrogen (secondary N) is 2. The summed E-state index contributed by atoms with van der Waals surface area (Å²) in [7, 11) is 0. The molecule has 2 rings (SSSR count). The summed E-state index contributed by atoms with van der Waals surface area (Å²) in [6.45, 7) is 5.85. The zero-order valence-corrected chi connectivity index (χ0v) is 18.5. The first-order valence-electron chi connectivity index (χ1n) is 10.1. The summed E-state index contributed by atoms with van der Waals surface area (Å²) in [5, 5.41) is 12.4. The molecule has 1 heterocycles. The lowest BCUT2D eigenvalue weighted by atomic mass is 10.1. The van der Waals surface area contributed by atoms with E-state index in [4.69, 9.17) is 14.2 Å². The molecule has 0 saturated carbocycles. The Hall–Kier alpha value is -3.34. The van der Waals surface area contributed by atoms with Gasteiger partial charge in [0.2, 0.25) is 0 Å². The highest BCUT2D eigenvalue weighted by Gasteiger charge is 2.43. The molecule has 0 radical (unpaired) electrons. The third-order valence-corrected chi connectivity index (χ3v) is 4.32. The van der Waals surface area contributed by atoms with Crippen LogP contribution in [0.5, 0.6) is 0 Å². The summed E-state index contributed by atoms with van der Waals surface area (Å²) in [4.78, 5) is 49.6. The maximum absolute atomic E-state index is 13.0. The first-order chi connectivity index (χ1) is 15.0. The SMILES string of the molecule is C[C@H](NC(=O)OCc1ccccc1)C(=O)N(NC(=O)OC(C)(C)C)[C@@H]1C[C@H](CO)OC1=O. The van der Waals surface area contributed by atoms with Gasteiger partial charge in [0.05, 0.1) is 6.61 Å². The number of hydrogen-bond acceptors (Lipinski definition) is 8. The topological polar surface area (TPSA) is 144 Å². The molecule has 1 saturated heterocycles. The number of nitrogens with zero attached hydrogens (tertiary/aromatic N) is 1. The number of aliphatic hydroxyl groups excluding tert-OH is 1. The Kier molecular flexibility index (Phi) is 8.41. The van der Waals surface area contributed by atoms with Crippen LogP contribution in [-0.2, 0) is 30.4 Å². The number of carbonyl (C=O) groups is 4. The molecule has 0 unspecified atom stereocenters. The number of aliphatic hydroxyl groups is 1. The molecule has 0 aliphatic carbocycles. The molecule has 1 aliphatic rings. The first kappa shape index (κ1) is 24.9. The largest absolute Gasteiger partial charge is 0.458 e. The van der Waals surface area contributed by atoms with Crippen LogP contribution < -0.4 is 10.7 Å². The molecular weight excluding hydrogens is 422 g/mol. The van der Waals surface area contributed by atoms with Crippen LogP contribution in [0.15, 0.2) is 30.3 Å². The number of benzene rings is 1. The van der Waals surface area contributed by atoms with Gasteiger partial charge in [-0.05, 0) is 33.3 Å². The maximum atomic E-state index is 13.0. The van der Waals surface area contributed by atoms with E-state index in [1.807, 2.05) is 6.07 Å². The Morgan fingerprint density at radius 1 is 1.22 bits per heavy atom. The number of hydrazine groups is 1. The number of ether oxygens (including phenoxy) is 3. The molecule has 3 N–H and O–H groups in total. The van der Waals surface area contributed by atoms with Gasteiger partial charge >= 0.3 is 18.2 Å². The third kappa shape index (κ3) is 7.41. The lowest BCUT2D eigenvalue weighted by Crippen LogP contribution is -2.59. The lowest BCUT2D eigenvalue weighted by molar-refractivity contribution is -0.153. The zero-order chi connectivity index (χ0) is 23.9. The van der Waals surface area contributed by atoms with E-state index in [1.54, 1.807) is 45.0 Å². The average Bonchev–Trinajstić information content (AvgIpc) is 3.10. The number of rotatable bonds is 6. The number of alkyl carbamates (subject to hydrolysis) is 1. The molecular formula is C21H29N3O8. The minimum Gasteiger partial charge on any atom is -0.458 e. The normalized spacial score (nSPS) is 18.8. The van der Waals surface area contributed by atoms with Crippen LogP contribution in [0.3, 0.4) is 0 Å². The number of hydrogen-bond donors (Lipinski definition) is 3. The predicted molar refractivity (Wildman–Crippen MR) is 111 cm³/mol. The van der Waals surface area contributed by atoms with E-state index in [-0.39, 0.29) is 13.0 Å². The van der Waals surface area contributed by atoms with E-state index in [1.165, 1.54) is 6.92 Å². The van der Waals surface area contributed by atoms with Crippen molar-refractivity contribution in [3.63, 3.8) is 0 Å². The van der Waals surface area contributed by atoms with E-state index in [2.05, 4.69) is 10.7 Å². The van der Waals surface area contributed by atoms with Gasteiger partial charge in [-0.15, -0.1) is 0 Å². The van der Waals surface area contributed by atoms with E-state index in [9.17, 15) is 24.3 Å². The van der Waals surface area contributed by atoms with Gasteiger partial charge in [0.1, 0.15) is 24.4 Å². The molecule has 0 spiro atoms. The van der Waals surface area contributed by atoms with Crippen molar-refractivity contribution in [3.05, 3.63) is 35.9 Å². The molecule has 176 valence electrons. The summed E-state index contributed by atoms with van der Waals surface area (Å²) in [6, 6.07) is 6.61. The van der Waals surface area contributed by atoms with Crippen LogP contribution in [0.2, 0.25) is 0 Å². The second-order valence-corrected chi connectivity index (χ2v) is 8.24. The van der Waals surface area contributed by atoms with Gasteiger partial charge in [0, 0.05) is 6.42 Å². The highest BCUT2D eigenvalue weighted by molar-refractivity contribution is 5.91. The second kappa shape index (κ2) is 10.8. The minimum atomic E-state index is -1.20. The Labute approximate surface area is 186 Å². The number of amides is 3. The molecule has 32 heavy (non-hydrogen) atoms. The third-order valence-electron chi connectivity index (χ3n) is 4.32. The summed E-state index contributed by atoms with van der Waals surface area (Å²) >= 11 is 0. The molecule has 11 nitrogen and oxygen atoms in total. The van der Waals surface area contributed by atoms with Crippen molar-refractivity contribution in [2.45, 2.75) is 64.5 Å². The van der Waals surface area contributed by atoms with Crippen LogP contribution in [0, 0.1) is 0 Å². The van der Waals surface area contributed by atoms with Gasteiger partial charge in [-0.2, -0.15) is 0 Å². The van der Waals surface area contributed by atoms with Crippen LogP contribution in [-0.4, -0.2) is 64.6 Å². The van der Waals surface area contributed by atoms with Gasteiger partial charge in [0.15, 0.2) is 6.04 Å². The Morgan fingerprint density at radius 3 is 2.44 bits per heavy atom. The Bertz CT molecular complexity index is 824. The molecule has 0 bridgehead atoms. The van der Waals surface area contributed by atoms with Gasteiger partial charge < -0.3 is 24.6 Å². The average molecular weight is 451 g/mol. The fourth-order valence-corrected chi connectivity index (χ4v) is 2.86. The standard InChI is InChI=1S/C21H29N3O8/c1-13(22-19(28)30-12-14-8-6-5-7-9-14)17(26)24(23-20(29)32-21(2,3)4)16-10-15(11-25)31-18(16)27/h5-9,13,15-16,25H,10-12H2,1-4H3,(H,22,28)(H,23,29)/t13-,15+,16+/m0/s1. The molecule has 3 atom stereocenters. The second-order valence-electron chi connectivity index (χ2n) is 8.24. The predicted octanol–water partition coefficient (Wildman–Crippen LogP) is 1.25. The molecule has 3 amide bonds. The van der Waals surface area contributed by atoms with Gasteiger partial charge in [0.25, 0.3) is 5.91 Å². The van der Waals surface area contributed by atoms with Crippen LogP contribution in [0.25, 0.3) is 0 Å². The summed E-state index contributed by atoms with van der Waals surface area (Å²) in [6.07, 6.45) is -2.68. The van der Waals surface area contributed by atoms with Crippen LogP contribution >= 0.6 is 0 Å². The monoisotopic (exact) mass is 451 g/mol. The van der Waals surface area contributed by atoms with E-state index < -0.39 is 54.5 Å². The van der Waals surface area contributed by atoms with Gasteiger partial charge in [-0.1, -0.05) is 30.3 Å². The highest BCUT2D eigenvalue weighted by Crippen LogP contribution is 2.20. The van der Waals surface area contributed by atoms with Crippen LogP contribution in [0.1, 0.15) is 39.7 Å². The smallest absolute Gasteiger partial charge is 0.426 e. The van der Waals surface area contributed by atoms with Gasteiger partial charge in [-0.3, -0.25) is 4.79 Å². The Morgan fingerprint density at radius 2 is 1.88 bits per heavy atom. The van der Waals surface area contributed by atoms with Crippen molar-refractivity contribution >= 4 is 24.1 Å². The Balaban J connectivity index is 2.05. The van der Waals surface area contributed by atoms with Crippen LogP contribution in [0.4, 0.5) is 9.59 Å². The van der Waals surface area contributed by atoms with Crippen molar-refractivity contribution < 1.29 is 38.5 Å². The van der Waals surface area contributed by atoms with Gasteiger partial charge in [-0.25, -0.2) is 24.8 Å². The number of carbonyl (C=O) groups excluding carboxylic acids is 4. The maximum Gasteiger partial charge on any atom is 0.426 e. The van der Waals surface area contributed by atoms with Crippen molar-refractivity contribution in [2.24, 2.45) is 0 Å².